The van der Waals surface area contributed by atoms with Crippen molar-refractivity contribution in [1.82, 2.24) is 10.2 Å². The first-order chi connectivity index (χ1) is 13.8. The van der Waals surface area contributed by atoms with Crippen LogP contribution in [0.15, 0.2) is 48.5 Å². The molecule has 2 aromatic carbocycles. The average molecular weight is 417 g/mol. The van der Waals surface area contributed by atoms with Gasteiger partial charge in [-0.25, -0.2) is 0 Å². The number of ether oxygens (including phenoxy) is 1. The van der Waals surface area contributed by atoms with E-state index in [0.29, 0.717) is 10.8 Å². The topological polar surface area (TPSA) is 58.6 Å². The Morgan fingerprint density at radius 1 is 1.07 bits per heavy atom. The smallest absolute Gasteiger partial charge is 0.261 e. The molecule has 0 aromatic heterocycles. The van der Waals surface area contributed by atoms with Crippen LogP contribution < -0.4 is 10.1 Å². The SMILES string of the molecule is CCc1ccc(OCC(=O)N(Cc2ccccc2Cl)[C@@H](C)C(=O)NC(C)C)cc1. The number of carbonyl (C=O) groups excluding carboxylic acids is 2. The number of nitrogens with zero attached hydrogens (tertiary/aromatic N) is 1. The third kappa shape index (κ3) is 6.79. The molecule has 0 radical (unpaired) electrons. The Morgan fingerprint density at radius 3 is 2.31 bits per heavy atom. The second-order valence-electron chi connectivity index (χ2n) is 7.24. The van der Waals surface area contributed by atoms with Crippen molar-refractivity contribution >= 4 is 23.4 Å². The predicted octanol–water partition coefficient (Wildman–Crippen LogP) is 4.22. The molecule has 2 amide bonds. The van der Waals surface area contributed by atoms with Gasteiger partial charge in [-0.3, -0.25) is 9.59 Å². The first-order valence-electron chi connectivity index (χ1n) is 9.86. The zero-order valence-corrected chi connectivity index (χ0v) is 18.2. The molecule has 0 heterocycles. The summed E-state index contributed by atoms with van der Waals surface area (Å²) in [5.74, 6) is 0.121. The van der Waals surface area contributed by atoms with E-state index in [1.54, 1.807) is 13.0 Å². The highest BCUT2D eigenvalue weighted by atomic mass is 35.5. The van der Waals surface area contributed by atoms with Crippen LogP contribution >= 0.6 is 11.6 Å². The van der Waals surface area contributed by atoms with Gasteiger partial charge in [0.25, 0.3) is 5.91 Å². The molecular weight excluding hydrogens is 388 g/mol. The van der Waals surface area contributed by atoms with E-state index < -0.39 is 6.04 Å². The normalized spacial score (nSPS) is 11.8. The monoisotopic (exact) mass is 416 g/mol. The van der Waals surface area contributed by atoms with E-state index in [1.807, 2.05) is 56.3 Å². The summed E-state index contributed by atoms with van der Waals surface area (Å²) in [5.41, 5.74) is 1.97. The quantitative estimate of drug-likeness (QED) is 0.665. The molecule has 2 rings (SSSR count). The number of halogens is 1. The van der Waals surface area contributed by atoms with Crippen molar-refractivity contribution in [3.63, 3.8) is 0 Å². The van der Waals surface area contributed by atoms with Gasteiger partial charge in [0.15, 0.2) is 6.61 Å². The van der Waals surface area contributed by atoms with E-state index in [-0.39, 0.29) is 31.0 Å². The maximum atomic E-state index is 13.0. The van der Waals surface area contributed by atoms with E-state index in [0.717, 1.165) is 12.0 Å². The number of amides is 2. The standard InChI is InChI=1S/C23H29ClN2O3/c1-5-18-10-12-20(13-11-18)29-15-22(27)26(17(4)23(28)25-16(2)3)14-19-8-6-7-9-21(19)24/h6-13,16-17H,5,14-15H2,1-4H3,(H,25,28)/t17-/m0/s1. The lowest BCUT2D eigenvalue weighted by Crippen LogP contribution is -2.50. The Morgan fingerprint density at radius 2 is 1.72 bits per heavy atom. The number of carbonyl (C=O) groups is 2. The van der Waals surface area contributed by atoms with Crippen LogP contribution in [0.2, 0.25) is 5.02 Å². The Kier molecular flexibility index (Phi) is 8.52. The number of benzene rings is 2. The third-order valence-corrected chi connectivity index (χ3v) is 4.96. The maximum Gasteiger partial charge on any atom is 0.261 e. The van der Waals surface area contributed by atoms with Gasteiger partial charge < -0.3 is 15.0 Å². The van der Waals surface area contributed by atoms with Gasteiger partial charge in [-0.05, 0) is 56.5 Å². The lowest BCUT2D eigenvalue weighted by Gasteiger charge is -2.29. The number of hydrogen-bond donors (Lipinski definition) is 1. The van der Waals surface area contributed by atoms with Crippen LogP contribution in [-0.2, 0) is 22.6 Å². The Balaban J connectivity index is 2.14. The summed E-state index contributed by atoms with van der Waals surface area (Å²) in [7, 11) is 0. The predicted molar refractivity (Wildman–Crippen MR) is 116 cm³/mol. The fourth-order valence-corrected chi connectivity index (χ4v) is 3.04. The first-order valence-corrected chi connectivity index (χ1v) is 10.2. The fourth-order valence-electron chi connectivity index (χ4n) is 2.85. The molecule has 0 fully saturated rings. The van der Waals surface area contributed by atoms with Crippen molar-refractivity contribution in [2.75, 3.05) is 6.61 Å². The molecule has 1 N–H and O–H groups in total. The molecule has 6 heteroatoms. The van der Waals surface area contributed by atoms with Gasteiger partial charge in [-0.15, -0.1) is 0 Å². The fraction of sp³-hybridized carbons (Fsp3) is 0.391. The summed E-state index contributed by atoms with van der Waals surface area (Å²) in [6.07, 6.45) is 0.938. The molecule has 0 saturated carbocycles. The van der Waals surface area contributed by atoms with Crippen molar-refractivity contribution in [2.45, 2.75) is 52.7 Å². The van der Waals surface area contributed by atoms with Crippen molar-refractivity contribution < 1.29 is 14.3 Å². The number of hydrogen-bond acceptors (Lipinski definition) is 3. The van der Waals surface area contributed by atoms with Gasteiger partial charge >= 0.3 is 0 Å². The van der Waals surface area contributed by atoms with Crippen LogP contribution in [0, 0.1) is 0 Å². The zero-order chi connectivity index (χ0) is 21.4. The second-order valence-corrected chi connectivity index (χ2v) is 7.65. The number of rotatable bonds is 9. The number of aryl methyl sites for hydroxylation is 1. The van der Waals surface area contributed by atoms with Crippen LogP contribution in [0.4, 0.5) is 0 Å². The Hall–Kier alpha value is -2.53. The minimum absolute atomic E-state index is 0.0180. The molecule has 5 nitrogen and oxygen atoms in total. The molecule has 0 saturated heterocycles. The van der Waals surface area contributed by atoms with E-state index in [1.165, 1.54) is 10.5 Å². The third-order valence-electron chi connectivity index (χ3n) is 4.59. The summed E-state index contributed by atoms with van der Waals surface area (Å²) >= 11 is 6.27. The van der Waals surface area contributed by atoms with Crippen LogP contribution in [-0.4, -0.2) is 35.4 Å². The van der Waals surface area contributed by atoms with Crippen molar-refractivity contribution in [1.29, 1.82) is 0 Å². The summed E-state index contributed by atoms with van der Waals surface area (Å²) < 4.78 is 5.67. The molecule has 2 aromatic rings. The molecule has 29 heavy (non-hydrogen) atoms. The van der Waals surface area contributed by atoms with Gasteiger partial charge in [0.2, 0.25) is 5.91 Å². The van der Waals surface area contributed by atoms with Crippen molar-refractivity contribution in [3.05, 3.63) is 64.7 Å². The van der Waals surface area contributed by atoms with E-state index in [4.69, 9.17) is 16.3 Å². The summed E-state index contributed by atoms with van der Waals surface area (Å²) in [5, 5.41) is 3.41. The highest BCUT2D eigenvalue weighted by Gasteiger charge is 2.27. The molecule has 0 aliphatic heterocycles. The molecule has 0 aliphatic rings. The molecule has 0 bridgehead atoms. The van der Waals surface area contributed by atoms with Crippen molar-refractivity contribution in [2.24, 2.45) is 0 Å². The lowest BCUT2D eigenvalue weighted by atomic mass is 10.1. The van der Waals surface area contributed by atoms with Gasteiger partial charge in [-0.2, -0.15) is 0 Å². The average Bonchev–Trinajstić information content (AvgIpc) is 2.70. The van der Waals surface area contributed by atoms with Crippen LogP contribution in [0.3, 0.4) is 0 Å². The Bertz CT molecular complexity index is 821. The first kappa shape index (κ1) is 22.8. The molecule has 156 valence electrons. The summed E-state index contributed by atoms with van der Waals surface area (Å²) in [6, 6.07) is 14.3. The summed E-state index contributed by atoms with van der Waals surface area (Å²) in [6.45, 7) is 7.62. The van der Waals surface area contributed by atoms with E-state index >= 15 is 0 Å². The largest absolute Gasteiger partial charge is 0.484 e. The van der Waals surface area contributed by atoms with Gasteiger partial charge in [0.05, 0.1) is 0 Å². The minimum Gasteiger partial charge on any atom is -0.484 e. The van der Waals surface area contributed by atoms with Crippen LogP contribution in [0.25, 0.3) is 0 Å². The molecular formula is C23H29ClN2O3. The lowest BCUT2D eigenvalue weighted by molar-refractivity contribution is -0.142. The minimum atomic E-state index is -0.660. The van der Waals surface area contributed by atoms with E-state index in [9.17, 15) is 9.59 Å². The van der Waals surface area contributed by atoms with Gasteiger partial charge in [0, 0.05) is 17.6 Å². The summed E-state index contributed by atoms with van der Waals surface area (Å²) in [4.78, 5) is 27.0. The van der Waals surface area contributed by atoms with Crippen molar-refractivity contribution in [3.8, 4) is 5.75 Å². The zero-order valence-electron chi connectivity index (χ0n) is 17.4. The van der Waals surface area contributed by atoms with Crippen LogP contribution in [0.1, 0.15) is 38.8 Å². The molecule has 1 atom stereocenters. The molecule has 0 spiro atoms. The molecule has 0 unspecified atom stereocenters. The number of nitrogens with one attached hydrogen (secondary N) is 1. The Labute approximate surface area is 178 Å². The molecule has 0 aliphatic carbocycles. The van der Waals surface area contributed by atoms with E-state index in [2.05, 4.69) is 12.2 Å². The van der Waals surface area contributed by atoms with Gasteiger partial charge in [-0.1, -0.05) is 48.9 Å². The highest BCUT2D eigenvalue weighted by Crippen LogP contribution is 2.19. The van der Waals surface area contributed by atoms with Gasteiger partial charge in [0.1, 0.15) is 11.8 Å². The van der Waals surface area contributed by atoms with Crippen LogP contribution in [0.5, 0.6) is 5.75 Å². The maximum absolute atomic E-state index is 13.0. The second kappa shape index (κ2) is 10.9. The highest BCUT2D eigenvalue weighted by molar-refractivity contribution is 6.31.